The minimum absolute atomic E-state index is 0.152. The monoisotopic (exact) mass is 570 g/mol. The number of hydrogen-bond donors (Lipinski definition) is 3. The predicted octanol–water partition coefficient (Wildman–Crippen LogP) is 3.59. The molecule has 2 atom stereocenters. The molecule has 3 heterocycles. The van der Waals surface area contributed by atoms with Gasteiger partial charge in [-0.2, -0.15) is 20.0 Å². The summed E-state index contributed by atoms with van der Waals surface area (Å²) in [6.07, 6.45) is 2.42. The van der Waals surface area contributed by atoms with E-state index in [-0.39, 0.29) is 17.7 Å². The van der Waals surface area contributed by atoms with E-state index >= 15 is 0 Å². The highest BCUT2D eigenvalue weighted by atomic mass is 35.5. The molecule has 1 amide bonds. The molecule has 204 valence electrons. The number of likely N-dealkylation sites (N-methyl/N-ethyl adjacent to an activating group) is 1. The number of nitrogens with one attached hydrogen (secondary N) is 2. The Labute approximate surface area is 234 Å². The van der Waals surface area contributed by atoms with Gasteiger partial charge in [0.2, 0.25) is 5.95 Å². The van der Waals surface area contributed by atoms with Crippen LogP contribution in [0.5, 0.6) is 0 Å². The molecule has 0 spiro atoms. The van der Waals surface area contributed by atoms with Gasteiger partial charge in [-0.25, -0.2) is 9.78 Å². The number of benzene rings is 1. The van der Waals surface area contributed by atoms with Gasteiger partial charge in [0, 0.05) is 26.7 Å². The third-order valence-corrected chi connectivity index (χ3v) is 7.08. The number of anilines is 4. The second kappa shape index (κ2) is 12.3. The largest absolute Gasteiger partial charge is 0.465 e. The summed E-state index contributed by atoms with van der Waals surface area (Å²) in [5.74, 6) is 0.996. The first kappa shape index (κ1) is 28.0. The number of fused-ring (bicyclic) bond motifs is 1. The van der Waals surface area contributed by atoms with Crippen LogP contribution in [0.2, 0.25) is 5.02 Å². The van der Waals surface area contributed by atoms with E-state index in [1.807, 2.05) is 18.1 Å². The van der Waals surface area contributed by atoms with Gasteiger partial charge < -0.3 is 30.3 Å². The van der Waals surface area contributed by atoms with Gasteiger partial charge in [-0.1, -0.05) is 11.6 Å². The molecule has 1 fully saturated rings. The Morgan fingerprint density at radius 1 is 1.38 bits per heavy atom. The highest BCUT2D eigenvalue weighted by Crippen LogP contribution is 2.38. The summed E-state index contributed by atoms with van der Waals surface area (Å²) in [6, 6.07) is 7.18. The van der Waals surface area contributed by atoms with Gasteiger partial charge in [0.15, 0.2) is 17.2 Å². The molecule has 3 aromatic rings. The van der Waals surface area contributed by atoms with Crippen LogP contribution < -0.4 is 15.5 Å². The van der Waals surface area contributed by atoms with Crippen molar-refractivity contribution in [1.82, 2.24) is 24.5 Å². The maximum atomic E-state index is 11.6. The van der Waals surface area contributed by atoms with Crippen LogP contribution in [-0.2, 0) is 4.74 Å². The van der Waals surface area contributed by atoms with Crippen LogP contribution in [0.15, 0.2) is 18.3 Å². The quantitative estimate of drug-likeness (QED) is 0.320. The molecule has 2 aromatic heterocycles. The molecular weight excluding hydrogens is 544 g/mol. The maximum absolute atomic E-state index is 11.6. The smallest absolute Gasteiger partial charge is 0.407 e. The van der Waals surface area contributed by atoms with Crippen LogP contribution in [0, 0.1) is 22.7 Å². The van der Waals surface area contributed by atoms with Gasteiger partial charge >= 0.3 is 6.09 Å². The summed E-state index contributed by atoms with van der Waals surface area (Å²) >= 11 is 8.38. The van der Waals surface area contributed by atoms with Crippen molar-refractivity contribution in [2.24, 2.45) is 0 Å². The summed E-state index contributed by atoms with van der Waals surface area (Å²) < 4.78 is 7.39. The molecule has 1 aliphatic rings. The van der Waals surface area contributed by atoms with Gasteiger partial charge in [-0.05, 0) is 31.7 Å². The third-order valence-electron chi connectivity index (χ3n) is 6.31. The molecular formula is C24H27ClN10O3S. The van der Waals surface area contributed by atoms with Gasteiger partial charge in [0.25, 0.3) is 0 Å². The number of imidazole rings is 1. The number of carbonyl (C=O) groups is 1. The third kappa shape index (κ3) is 5.88. The second-order valence-corrected chi connectivity index (χ2v) is 9.90. The molecule has 13 nitrogen and oxygen atoms in total. The van der Waals surface area contributed by atoms with E-state index in [1.165, 1.54) is 27.4 Å². The number of aromatic nitrogens is 4. The zero-order chi connectivity index (χ0) is 28.1. The summed E-state index contributed by atoms with van der Waals surface area (Å²) in [5, 5.41) is 39.7. The van der Waals surface area contributed by atoms with E-state index in [9.17, 15) is 20.4 Å². The Morgan fingerprint density at radius 3 is 2.85 bits per heavy atom. The first-order valence-corrected chi connectivity index (χ1v) is 13.8. The highest BCUT2D eigenvalue weighted by molar-refractivity contribution is 7.98. The van der Waals surface area contributed by atoms with Crippen molar-refractivity contribution in [2.75, 3.05) is 54.4 Å². The zero-order valence-electron chi connectivity index (χ0n) is 21.5. The lowest BCUT2D eigenvalue weighted by Gasteiger charge is -2.42. The number of nitriles is 2. The van der Waals surface area contributed by atoms with Gasteiger partial charge in [0.05, 0.1) is 52.3 Å². The summed E-state index contributed by atoms with van der Waals surface area (Å²) in [4.78, 5) is 23.6. The molecule has 0 radical (unpaired) electrons. The number of thioether (sulfide) groups is 1. The van der Waals surface area contributed by atoms with E-state index in [0.717, 1.165) is 0 Å². The number of hydrogen-bond acceptors (Lipinski definition) is 11. The lowest BCUT2D eigenvalue weighted by Crippen LogP contribution is -2.55. The normalized spacial score (nSPS) is 16.9. The van der Waals surface area contributed by atoms with E-state index in [0.29, 0.717) is 65.4 Å². The number of carboxylic acid groups (broad SMARTS) is 1. The fraction of sp³-hybridized carbons (Fsp3) is 0.417. The molecule has 39 heavy (non-hydrogen) atoms. The number of halogens is 1. The number of amides is 1. The van der Waals surface area contributed by atoms with Crippen molar-refractivity contribution in [2.45, 2.75) is 25.5 Å². The van der Waals surface area contributed by atoms with Crippen molar-refractivity contribution in [3.8, 4) is 12.1 Å². The predicted molar refractivity (Wildman–Crippen MR) is 149 cm³/mol. The molecule has 0 saturated carbocycles. The minimum Gasteiger partial charge on any atom is -0.465 e. The Kier molecular flexibility index (Phi) is 8.81. The van der Waals surface area contributed by atoms with Crippen molar-refractivity contribution in [3.05, 3.63) is 34.6 Å². The van der Waals surface area contributed by atoms with E-state index in [2.05, 4.69) is 37.8 Å². The zero-order valence-corrected chi connectivity index (χ0v) is 23.1. The summed E-state index contributed by atoms with van der Waals surface area (Å²) in [5.41, 5.74) is 1.99. The molecule has 15 heteroatoms. The Balaban J connectivity index is 1.69. The molecule has 0 aliphatic carbocycles. The molecule has 4 rings (SSSR count). The molecule has 1 aliphatic heterocycles. The van der Waals surface area contributed by atoms with Crippen molar-refractivity contribution < 1.29 is 14.6 Å². The SMILES string of the molecule is CCNc1nc(Nc2cc(C#N)cc(N3CC[C@@H](N(C)C(=O)O)[C@@H](OCSC)C3)c2Cl)nn2c(C#N)cnc12. The minimum atomic E-state index is -1.02. The van der Waals surface area contributed by atoms with Gasteiger partial charge in [-0.15, -0.1) is 16.9 Å². The molecule has 1 aromatic carbocycles. The molecule has 3 N–H and O–H groups in total. The lowest BCUT2D eigenvalue weighted by molar-refractivity contribution is 0.0109. The van der Waals surface area contributed by atoms with Gasteiger partial charge in [-0.3, -0.25) is 0 Å². The van der Waals surface area contributed by atoms with Gasteiger partial charge in [0.1, 0.15) is 6.07 Å². The average molecular weight is 571 g/mol. The first-order chi connectivity index (χ1) is 18.8. The molecule has 0 bridgehead atoms. The summed E-state index contributed by atoms with van der Waals surface area (Å²) in [6.45, 7) is 3.36. The van der Waals surface area contributed by atoms with E-state index in [4.69, 9.17) is 16.3 Å². The topological polar surface area (TPSA) is 168 Å². The standard InChI is InChI=1S/C24H27ClN10O3S/c1-4-28-21-22-29-11-15(10-27)35(22)32-23(31-21)30-16-7-14(9-26)8-18(20(16)25)34-6-5-17(33(2)24(36)37)19(12-34)38-13-39-3/h7-8,11,17,19H,4-6,12-13H2,1-3H3,(H,36,37)(H2,28,30,31,32)/t17-,19+/m1/s1. The average Bonchev–Trinajstić information content (AvgIpc) is 3.36. The first-order valence-electron chi connectivity index (χ1n) is 12.0. The van der Waals surface area contributed by atoms with Crippen LogP contribution in [0.4, 0.5) is 27.9 Å². The van der Waals surface area contributed by atoms with Crippen molar-refractivity contribution in [3.63, 3.8) is 0 Å². The Morgan fingerprint density at radius 2 is 2.18 bits per heavy atom. The van der Waals surface area contributed by atoms with Crippen LogP contribution in [0.25, 0.3) is 5.65 Å². The Hall–Kier alpha value is -3.98. The van der Waals surface area contributed by atoms with Crippen LogP contribution in [0.3, 0.4) is 0 Å². The lowest BCUT2D eigenvalue weighted by atomic mass is 9.99. The van der Waals surface area contributed by atoms with E-state index in [1.54, 1.807) is 19.2 Å². The fourth-order valence-corrected chi connectivity index (χ4v) is 5.03. The van der Waals surface area contributed by atoms with Crippen molar-refractivity contribution in [1.29, 1.82) is 10.5 Å². The molecule has 1 saturated heterocycles. The number of nitrogens with zero attached hydrogens (tertiary/aromatic N) is 8. The maximum Gasteiger partial charge on any atom is 0.407 e. The number of piperidine rings is 1. The van der Waals surface area contributed by atoms with Crippen LogP contribution in [0.1, 0.15) is 24.6 Å². The fourth-order valence-electron chi connectivity index (χ4n) is 4.44. The highest BCUT2D eigenvalue weighted by Gasteiger charge is 2.35. The number of ether oxygens (including phenoxy) is 1. The van der Waals surface area contributed by atoms with Crippen LogP contribution in [-0.4, -0.2) is 86.7 Å². The molecule has 0 unspecified atom stereocenters. The van der Waals surface area contributed by atoms with Crippen LogP contribution >= 0.6 is 23.4 Å². The van der Waals surface area contributed by atoms with E-state index < -0.39 is 12.2 Å². The number of rotatable bonds is 9. The summed E-state index contributed by atoms with van der Waals surface area (Å²) in [7, 11) is 1.54. The second-order valence-electron chi connectivity index (χ2n) is 8.71. The van der Waals surface area contributed by atoms with Crippen molar-refractivity contribution >= 4 is 58.2 Å². The Bertz CT molecular complexity index is 1450.